The highest BCUT2D eigenvalue weighted by molar-refractivity contribution is 6.36. The fraction of sp³-hybridized carbons (Fsp3) is 0.286. The quantitative estimate of drug-likeness (QED) is 0.921. The average molecular weight is 313 g/mol. The third kappa shape index (κ3) is 3.32. The van der Waals surface area contributed by atoms with Gasteiger partial charge < -0.3 is 9.84 Å². The predicted molar refractivity (Wildman–Crippen MR) is 79.2 cm³/mol. The molecule has 0 bridgehead atoms. The minimum atomic E-state index is -0.264. The summed E-state index contributed by atoms with van der Waals surface area (Å²) < 4.78 is 5.17. The molecule has 4 nitrogen and oxygen atoms in total. The molecule has 1 amide bonds. The summed E-state index contributed by atoms with van der Waals surface area (Å²) in [5.41, 5.74) is 0.873. The van der Waals surface area contributed by atoms with E-state index in [2.05, 4.69) is 10.5 Å². The second-order valence-corrected chi connectivity index (χ2v) is 5.33. The first-order valence-electron chi connectivity index (χ1n) is 6.24. The molecule has 2 aromatic rings. The third-order valence-electron chi connectivity index (χ3n) is 2.93. The Hall–Kier alpha value is -1.52. The van der Waals surface area contributed by atoms with Gasteiger partial charge in [-0.2, -0.15) is 0 Å². The van der Waals surface area contributed by atoms with Crippen LogP contribution in [0.25, 0.3) is 11.3 Å². The molecule has 6 heteroatoms. The van der Waals surface area contributed by atoms with Gasteiger partial charge in [-0.3, -0.25) is 4.79 Å². The largest absolute Gasteiger partial charge is 0.355 e. The van der Waals surface area contributed by atoms with E-state index in [0.29, 0.717) is 21.4 Å². The Morgan fingerprint density at radius 3 is 2.80 bits per heavy atom. The lowest BCUT2D eigenvalue weighted by Gasteiger charge is -2.08. The average Bonchev–Trinajstić information content (AvgIpc) is 2.88. The van der Waals surface area contributed by atoms with E-state index in [1.54, 1.807) is 24.3 Å². The fourth-order valence-electron chi connectivity index (χ4n) is 1.60. The Morgan fingerprint density at radius 2 is 2.15 bits per heavy atom. The topological polar surface area (TPSA) is 55.1 Å². The van der Waals surface area contributed by atoms with Crippen molar-refractivity contribution in [2.24, 2.45) is 0 Å². The van der Waals surface area contributed by atoms with Crippen LogP contribution >= 0.6 is 23.2 Å². The van der Waals surface area contributed by atoms with Crippen molar-refractivity contribution in [2.75, 3.05) is 0 Å². The summed E-state index contributed by atoms with van der Waals surface area (Å²) in [4.78, 5) is 11.9. The number of hydrogen-bond donors (Lipinski definition) is 1. The van der Waals surface area contributed by atoms with Crippen molar-refractivity contribution >= 4 is 29.1 Å². The van der Waals surface area contributed by atoms with Crippen LogP contribution in [0.4, 0.5) is 0 Å². The maximum Gasteiger partial charge on any atom is 0.273 e. The van der Waals surface area contributed by atoms with Crippen LogP contribution in [0.2, 0.25) is 10.0 Å². The lowest BCUT2D eigenvalue weighted by atomic mass is 10.1. The summed E-state index contributed by atoms with van der Waals surface area (Å²) in [5.74, 6) is 0.167. The molecule has 20 heavy (non-hydrogen) atoms. The van der Waals surface area contributed by atoms with Gasteiger partial charge in [0, 0.05) is 22.7 Å². The van der Waals surface area contributed by atoms with Crippen molar-refractivity contribution in [1.82, 2.24) is 10.5 Å². The number of benzene rings is 1. The summed E-state index contributed by atoms with van der Waals surface area (Å²) in [6.45, 7) is 3.92. The van der Waals surface area contributed by atoms with Crippen LogP contribution in [0, 0.1) is 0 Å². The molecule has 0 radical (unpaired) electrons. The summed E-state index contributed by atoms with van der Waals surface area (Å²) in [5, 5.41) is 7.57. The molecule has 106 valence electrons. The summed E-state index contributed by atoms with van der Waals surface area (Å²) in [6.07, 6.45) is 0.847. The molecule has 1 atom stereocenters. The molecule has 0 unspecified atom stereocenters. The number of nitrogens with zero attached hydrogens (tertiary/aromatic N) is 1. The van der Waals surface area contributed by atoms with Crippen LogP contribution in [0.5, 0.6) is 0 Å². The van der Waals surface area contributed by atoms with Gasteiger partial charge in [0.15, 0.2) is 11.5 Å². The summed E-state index contributed by atoms with van der Waals surface area (Å²) in [6, 6.07) is 6.68. The normalized spacial score (nSPS) is 12.2. The van der Waals surface area contributed by atoms with Crippen LogP contribution in [0.15, 0.2) is 28.8 Å². The second-order valence-electron chi connectivity index (χ2n) is 4.48. The molecule has 1 heterocycles. The molecular weight excluding hydrogens is 299 g/mol. The molecule has 1 aromatic heterocycles. The van der Waals surface area contributed by atoms with E-state index in [-0.39, 0.29) is 17.6 Å². The van der Waals surface area contributed by atoms with Gasteiger partial charge in [0.25, 0.3) is 5.91 Å². The zero-order chi connectivity index (χ0) is 14.7. The smallest absolute Gasteiger partial charge is 0.273 e. The first kappa shape index (κ1) is 14.9. The molecule has 0 aliphatic rings. The van der Waals surface area contributed by atoms with Crippen LogP contribution in [0.1, 0.15) is 30.8 Å². The Labute approximate surface area is 127 Å². The molecule has 0 aliphatic heterocycles. The molecule has 0 aliphatic carbocycles. The molecule has 1 aromatic carbocycles. The second kappa shape index (κ2) is 6.29. The van der Waals surface area contributed by atoms with Crippen molar-refractivity contribution in [3.05, 3.63) is 40.0 Å². The minimum absolute atomic E-state index is 0.0850. The number of carbonyl (C=O) groups excluding carboxylic acids is 1. The molecule has 1 N–H and O–H groups in total. The van der Waals surface area contributed by atoms with Crippen LogP contribution in [-0.4, -0.2) is 17.1 Å². The lowest BCUT2D eigenvalue weighted by Crippen LogP contribution is -2.32. The highest BCUT2D eigenvalue weighted by Crippen LogP contribution is 2.30. The highest BCUT2D eigenvalue weighted by Gasteiger charge is 2.16. The van der Waals surface area contributed by atoms with Crippen molar-refractivity contribution < 1.29 is 9.32 Å². The first-order valence-corrected chi connectivity index (χ1v) is 7.00. The van der Waals surface area contributed by atoms with E-state index in [0.717, 1.165) is 6.42 Å². The molecular formula is C14H14Cl2N2O2. The van der Waals surface area contributed by atoms with Gasteiger partial charge in [0.1, 0.15) is 0 Å². The van der Waals surface area contributed by atoms with E-state index >= 15 is 0 Å². The van der Waals surface area contributed by atoms with Gasteiger partial charge in [-0.05, 0) is 31.5 Å². The Balaban J connectivity index is 2.22. The fourth-order valence-corrected chi connectivity index (χ4v) is 2.10. The monoisotopic (exact) mass is 312 g/mol. The minimum Gasteiger partial charge on any atom is -0.355 e. The molecule has 2 rings (SSSR count). The molecule has 0 saturated heterocycles. The first-order chi connectivity index (χ1) is 9.51. The Bertz CT molecular complexity index is 625. The van der Waals surface area contributed by atoms with Gasteiger partial charge in [0.05, 0.1) is 5.02 Å². The van der Waals surface area contributed by atoms with Crippen molar-refractivity contribution in [3.63, 3.8) is 0 Å². The Kier molecular flexibility index (Phi) is 4.68. The lowest BCUT2D eigenvalue weighted by molar-refractivity contribution is 0.0930. The molecule has 0 fully saturated rings. The van der Waals surface area contributed by atoms with Crippen molar-refractivity contribution in [3.8, 4) is 11.3 Å². The molecule has 0 spiro atoms. The van der Waals surface area contributed by atoms with Gasteiger partial charge >= 0.3 is 0 Å². The number of rotatable bonds is 4. The van der Waals surface area contributed by atoms with Crippen LogP contribution < -0.4 is 5.32 Å². The standard InChI is InChI=1S/C14H14Cl2N2O2/c1-3-8(2)17-14(19)12-7-13(20-18-12)10-5-4-9(15)6-11(10)16/h4-8H,3H2,1-2H3,(H,17,19)/t8-/m1/s1. The summed E-state index contributed by atoms with van der Waals surface area (Å²) in [7, 11) is 0. The maximum absolute atomic E-state index is 11.9. The SMILES string of the molecule is CC[C@@H](C)NC(=O)c1cc(-c2ccc(Cl)cc2Cl)on1. The third-order valence-corrected chi connectivity index (χ3v) is 3.48. The van der Waals surface area contributed by atoms with Gasteiger partial charge in [0.2, 0.25) is 0 Å². The van der Waals surface area contributed by atoms with Crippen molar-refractivity contribution in [1.29, 1.82) is 0 Å². The van der Waals surface area contributed by atoms with Gasteiger partial charge in [-0.1, -0.05) is 35.3 Å². The van der Waals surface area contributed by atoms with E-state index in [1.165, 1.54) is 0 Å². The van der Waals surface area contributed by atoms with Crippen molar-refractivity contribution in [2.45, 2.75) is 26.3 Å². The number of carbonyl (C=O) groups is 1. The number of halogens is 2. The zero-order valence-corrected chi connectivity index (χ0v) is 12.6. The predicted octanol–water partition coefficient (Wildman–Crippen LogP) is 4.18. The van der Waals surface area contributed by atoms with Gasteiger partial charge in [-0.15, -0.1) is 0 Å². The van der Waals surface area contributed by atoms with E-state index in [1.807, 2.05) is 13.8 Å². The number of nitrogens with one attached hydrogen (secondary N) is 1. The highest BCUT2D eigenvalue weighted by atomic mass is 35.5. The summed E-state index contributed by atoms with van der Waals surface area (Å²) >= 11 is 11.9. The number of aromatic nitrogens is 1. The Morgan fingerprint density at radius 1 is 1.40 bits per heavy atom. The molecule has 0 saturated carbocycles. The van der Waals surface area contributed by atoms with E-state index in [9.17, 15) is 4.79 Å². The van der Waals surface area contributed by atoms with E-state index in [4.69, 9.17) is 27.7 Å². The zero-order valence-electron chi connectivity index (χ0n) is 11.1. The van der Waals surface area contributed by atoms with Crippen LogP contribution in [0.3, 0.4) is 0 Å². The number of hydrogen-bond acceptors (Lipinski definition) is 3. The van der Waals surface area contributed by atoms with Gasteiger partial charge in [-0.25, -0.2) is 0 Å². The van der Waals surface area contributed by atoms with E-state index < -0.39 is 0 Å². The maximum atomic E-state index is 11.9. The van der Waals surface area contributed by atoms with Crippen LogP contribution in [-0.2, 0) is 0 Å². The number of amides is 1.